The summed E-state index contributed by atoms with van der Waals surface area (Å²) < 4.78 is 36.7. The first-order valence-corrected chi connectivity index (χ1v) is 10.1. The summed E-state index contributed by atoms with van der Waals surface area (Å²) in [5.41, 5.74) is -0.302. The van der Waals surface area contributed by atoms with Crippen LogP contribution in [0, 0.1) is 0 Å². The Morgan fingerprint density at radius 3 is 2.23 bits per heavy atom. The molecule has 0 saturated carbocycles. The van der Waals surface area contributed by atoms with Gasteiger partial charge in [-0.05, 0) is 36.0 Å². The molecule has 0 spiro atoms. The van der Waals surface area contributed by atoms with Crippen molar-refractivity contribution in [3.63, 3.8) is 0 Å². The van der Waals surface area contributed by atoms with Crippen LogP contribution >= 0.6 is 58.6 Å². The maximum absolute atomic E-state index is 12.9. The van der Waals surface area contributed by atoms with Crippen molar-refractivity contribution in [2.75, 3.05) is 5.32 Å². The maximum Gasteiger partial charge on any atom is 0.416 e. The van der Waals surface area contributed by atoms with Crippen LogP contribution in [0.4, 0.5) is 18.9 Å². The van der Waals surface area contributed by atoms with E-state index in [4.69, 9.17) is 58.6 Å². The Balaban J connectivity index is 2.08. The largest absolute Gasteiger partial charge is 0.416 e. The molecule has 2 aromatic carbocycles. The smallest absolute Gasteiger partial charge is 0.339 e. The summed E-state index contributed by atoms with van der Waals surface area (Å²) in [7, 11) is 0. The molecule has 0 unspecified atom stereocenters. The molecule has 30 heavy (non-hydrogen) atoms. The van der Waals surface area contributed by atoms with E-state index in [9.17, 15) is 18.0 Å². The van der Waals surface area contributed by atoms with Crippen LogP contribution in [0.1, 0.15) is 11.1 Å². The monoisotopic (exact) mass is 517 g/mol. The number of nitrogens with one attached hydrogen (secondary N) is 3. The Morgan fingerprint density at radius 1 is 1.03 bits per heavy atom. The van der Waals surface area contributed by atoms with Crippen LogP contribution in [0.2, 0.25) is 5.02 Å². The third kappa shape index (κ3) is 7.67. The Labute approximate surface area is 196 Å². The van der Waals surface area contributed by atoms with Crippen LogP contribution in [-0.2, 0) is 17.4 Å². The number of rotatable bonds is 5. The van der Waals surface area contributed by atoms with Crippen molar-refractivity contribution in [2.45, 2.75) is 22.6 Å². The lowest BCUT2D eigenvalue weighted by atomic mass is 10.1. The van der Waals surface area contributed by atoms with E-state index in [1.807, 2.05) is 0 Å². The molecular formula is C18H14Cl4F3N3OS. The van der Waals surface area contributed by atoms with Gasteiger partial charge in [0.1, 0.15) is 6.17 Å². The number of anilines is 1. The standard InChI is InChI=1S/C18H14Cl4F3N3OS/c19-12-7-6-11(18(23,24)25)9-13(12)26-16(30)28-15(17(20,21)22)27-14(29)8-10-4-2-1-3-5-10/h1-7,9,15H,8H2,(H,27,29)(H2,26,28,30)/t15-/m0/s1. The molecule has 0 bridgehead atoms. The van der Waals surface area contributed by atoms with E-state index in [0.29, 0.717) is 0 Å². The van der Waals surface area contributed by atoms with E-state index >= 15 is 0 Å². The molecule has 0 fully saturated rings. The topological polar surface area (TPSA) is 53.2 Å². The molecule has 0 radical (unpaired) electrons. The number of carbonyl (C=O) groups is 1. The SMILES string of the molecule is O=C(Cc1ccccc1)N[C@@H](NC(=S)Nc1cc(C(F)(F)F)ccc1Cl)C(Cl)(Cl)Cl. The first-order valence-electron chi connectivity index (χ1n) is 8.20. The van der Waals surface area contributed by atoms with Crippen LogP contribution in [0.3, 0.4) is 0 Å². The van der Waals surface area contributed by atoms with Crippen molar-refractivity contribution in [1.82, 2.24) is 10.6 Å². The molecule has 0 aromatic heterocycles. The number of hydrogen-bond donors (Lipinski definition) is 3. The quantitative estimate of drug-likeness (QED) is 0.270. The van der Waals surface area contributed by atoms with Gasteiger partial charge in [-0.15, -0.1) is 0 Å². The van der Waals surface area contributed by atoms with Crippen molar-refractivity contribution in [1.29, 1.82) is 0 Å². The third-order valence-corrected chi connectivity index (χ3v) is 4.86. The van der Waals surface area contributed by atoms with E-state index in [-0.39, 0.29) is 22.2 Å². The highest BCUT2D eigenvalue weighted by Gasteiger charge is 2.35. The lowest BCUT2D eigenvalue weighted by molar-refractivity contribution is -0.137. The molecule has 4 nitrogen and oxygen atoms in total. The summed E-state index contributed by atoms with van der Waals surface area (Å²) in [6.07, 6.45) is -5.83. The Bertz CT molecular complexity index is 908. The second-order valence-electron chi connectivity index (χ2n) is 6.00. The molecule has 1 amide bonds. The van der Waals surface area contributed by atoms with Gasteiger partial charge in [-0.25, -0.2) is 0 Å². The lowest BCUT2D eigenvalue weighted by Gasteiger charge is -2.28. The van der Waals surface area contributed by atoms with Crippen LogP contribution in [0.25, 0.3) is 0 Å². The molecule has 2 aromatic rings. The summed E-state index contributed by atoms with van der Waals surface area (Å²) in [5, 5.41) is 7.33. The zero-order valence-corrected chi connectivity index (χ0v) is 18.7. The van der Waals surface area contributed by atoms with Gasteiger partial charge in [0.2, 0.25) is 9.70 Å². The summed E-state index contributed by atoms with van der Waals surface area (Å²) in [6, 6.07) is 11.5. The maximum atomic E-state index is 12.9. The van der Waals surface area contributed by atoms with Gasteiger partial charge in [-0.1, -0.05) is 76.7 Å². The van der Waals surface area contributed by atoms with E-state index in [1.165, 1.54) is 0 Å². The number of hydrogen-bond acceptors (Lipinski definition) is 2. The van der Waals surface area contributed by atoms with Crippen LogP contribution < -0.4 is 16.0 Å². The van der Waals surface area contributed by atoms with Gasteiger partial charge in [0, 0.05) is 0 Å². The highest BCUT2D eigenvalue weighted by molar-refractivity contribution is 7.80. The minimum atomic E-state index is -4.57. The molecule has 162 valence electrons. The molecule has 0 heterocycles. The van der Waals surface area contributed by atoms with Crippen molar-refractivity contribution in [3.8, 4) is 0 Å². The fourth-order valence-electron chi connectivity index (χ4n) is 2.28. The van der Waals surface area contributed by atoms with E-state index < -0.39 is 27.6 Å². The molecule has 2 rings (SSSR count). The minimum absolute atomic E-state index is 0.00861. The predicted octanol–water partition coefficient (Wildman–Crippen LogP) is 5.70. The average molecular weight is 519 g/mol. The molecule has 3 N–H and O–H groups in total. The first kappa shape index (κ1) is 24.8. The number of benzene rings is 2. The zero-order chi connectivity index (χ0) is 22.5. The van der Waals surface area contributed by atoms with Gasteiger partial charge in [0.25, 0.3) is 0 Å². The summed E-state index contributed by atoms with van der Waals surface area (Å²) in [5.74, 6) is -0.468. The van der Waals surface area contributed by atoms with E-state index in [2.05, 4.69) is 16.0 Å². The fourth-order valence-corrected chi connectivity index (χ4v) is 3.00. The second-order valence-corrected chi connectivity index (χ2v) is 9.18. The van der Waals surface area contributed by atoms with Crippen LogP contribution in [0.15, 0.2) is 48.5 Å². The fraction of sp³-hybridized carbons (Fsp3) is 0.222. The number of thiocarbonyl (C=S) groups is 1. The first-order chi connectivity index (χ1) is 13.9. The van der Waals surface area contributed by atoms with Crippen molar-refractivity contribution in [2.24, 2.45) is 0 Å². The molecule has 0 aliphatic rings. The normalized spacial score (nSPS) is 12.8. The van der Waals surface area contributed by atoms with Gasteiger partial charge >= 0.3 is 6.18 Å². The molecule has 0 aliphatic carbocycles. The summed E-state index contributed by atoms with van der Waals surface area (Å²) in [6.45, 7) is 0. The second kappa shape index (κ2) is 10.2. The lowest BCUT2D eigenvalue weighted by Crippen LogP contribution is -2.56. The van der Waals surface area contributed by atoms with E-state index in [0.717, 1.165) is 23.8 Å². The van der Waals surface area contributed by atoms with Crippen LogP contribution in [0.5, 0.6) is 0 Å². The molecule has 0 saturated heterocycles. The molecule has 1 atom stereocenters. The number of amides is 1. The zero-order valence-electron chi connectivity index (χ0n) is 14.9. The highest BCUT2D eigenvalue weighted by Crippen LogP contribution is 2.34. The number of alkyl halides is 6. The number of carbonyl (C=O) groups excluding carboxylic acids is 1. The third-order valence-electron chi connectivity index (χ3n) is 3.66. The van der Waals surface area contributed by atoms with Gasteiger partial charge in [-0.3, -0.25) is 4.79 Å². The van der Waals surface area contributed by atoms with Crippen molar-refractivity contribution < 1.29 is 18.0 Å². The van der Waals surface area contributed by atoms with E-state index in [1.54, 1.807) is 30.3 Å². The Morgan fingerprint density at radius 2 is 1.67 bits per heavy atom. The summed E-state index contributed by atoms with van der Waals surface area (Å²) in [4.78, 5) is 12.3. The van der Waals surface area contributed by atoms with Gasteiger partial charge in [0.05, 0.1) is 22.7 Å². The Hall–Kier alpha value is -1.45. The highest BCUT2D eigenvalue weighted by atomic mass is 35.6. The minimum Gasteiger partial charge on any atom is -0.339 e. The van der Waals surface area contributed by atoms with Crippen molar-refractivity contribution >= 4 is 75.3 Å². The Kier molecular flexibility index (Phi) is 8.47. The van der Waals surface area contributed by atoms with Gasteiger partial charge in [0.15, 0.2) is 5.11 Å². The van der Waals surface area contributed by atoms with Crippen molar-refractivity contribution in [3.05, 3.63) is 64.7 Å². The predicted molar refractivity (Wildman–Crippen MR) is 118 cm³/mol. The molecule has 0 aliphatic heterocycles. The molecule has 12 heteroatoms. The summed E-state index contributed by atoms with van der Waals surface area (Å²) >= 11 is 28.7. The van der Waals surface area contributed by atoms with Crippen LogP contribution in [-0.4, -0.2) is 21.0 Å². The van der Waals surface area contributed by atoms with Gasteiger partial charge < -0.3 is 16.0 Å². The molecular weight excluding hydrogens is 505 g/mol. The average Bonchev–Trinajstić information content (AvgIpc) is 2.62. The van der Waals surface area contributed by atoms with Gasteiger partial charge in [-0.2, -0.15) is 13.2 Å². The number of halogens is 7.